The van der Waals surface area contributed by atoms with Gasteiger partial charge >= 0.3 is 0 Å². The standard InChI is InChI=1S/C15H20N2O3/c1-15(2)6-3-8-16(9-7-15)13-5-4-12(11-18)10-14(13)17(19)20/h4-5,10-11H,3,6-9H2,1-2H3. The topological polar surface area (TPSA) is 63.5 Å². The number of nitrogens with zero attached hydrogens (tertiary/aromatic N) is 2. The molecule has 1 fully saturated rings. The van der Waals surface area contributed by atoms with Crippen molar-refractivity contribution in [3.63, 3.8) is 0 Å². The Kier molecular flexibility index (Phi) is 4.06. The first-order chi connectivity index (χ1) is 9.43. The van der Waals surface area contributed by atoms with Crippen molar-refractivity contribution in [1.82, 2.24) is 0 Å². The number of nitro benzene ring substituents is 1. The Balaban J connectivity index is 2.32. The van der Waals surface area contributed by atoms with Crippen LogP contribution in [0.5, 0.6) is 0 Å². The first-order valence-corrected chi connectivity index (χ1v) is 6.91. The van der Waals surface area contributed by atoms with Crippen LogP contribution in [-0.4, -0.2) is 24.3 Å². The van der Waals surface area contributed by atoms with Crippen LogP contribution in [0.15, 0.2) is 18.2 Å². The van der Waals surface area contributed by atoms with E-state index in [2.05, 4.69) is 18.7 Å². The van der Waals surface area contributed by atoms with Gasteiger partial charge in [-0.2, -0.15) is 0 Å². The number of carbonyl (C=O) groups is 1. The summed E-state index contributed by atoms with van der Waals surface area (Å²) in [5, 5.41) is 11.2. The number of anilines is 1. The van der Waals surface area contributed by atoms with Gasteiger partial charge in [0.1, 0.15) is 12.0 Å². The van der Waals surface area contributed by atoms with E-state index in [1.54, 1.807) is 12.1 Å². The van der Waals surface area contributed by atoms with Gasteiger partial charge < -0.3 is 4.90 Å². The number of benzene rings is 1. The summed E-state index contributed by atoms with van der Waals surface area (Å²) in [5.74, 6) is 0. The summed E-state index contributed by atoms with van der Waals surface area (Å²) >= 11 is 0. The van der Waals surface area contributed by atoms with E-state index in [0.29, 0.717) is 17.5 Å². The summed E-state index contributed by atoms with van der Waals surface area (Å²) in [6.45, 7) is 6.11. The quantitative estimate of drug-likeness (QED) is 0.482. The second kappa shape index (κ2) is 5.61. The monoisotopic (exact) mass is 276 g/mol. The lowest BCUT2D eigenvalue weighted by molar-refractivity contribution is -0.384. The Morgan fingerprint density at radius 2 is 2.05 bits per heavy atom. The molecule has 0 aromatic heterocycles. The van der Waals surface area contributed by atoms with Gasteiger partial charge in [-0.05, 0) is 36.8 Å². The summed E-state index contributed by atoms with van der Waals surface area (Å²) in [5.41, 5.74) is 1.27. The zero-order valence-corrected chi connectivity index (χ0v) is 12.0. The van der Waals surface area contributed by atoms with E-state index in [1.165, 1.54) is 6.07 Å². The van der Waals surface area contributed by atoms with Crippen molar-refractivity contribution in [3.8, 4) is 0 Å². The van der Waals surface area contributed by atoms with E-state index in [0.717, 1.165) is 32.4 Å². The van der Waals surface area contributed by atoms with Crippen molar-refractivity contribution in [2.24, 2.45) is 5.41 Å². The van der Waals surface area contributed by atoms with Crippen molar-refractivity contribution in [3.05, 3.63) is 33.9 Å². The average Bonchev–Trinajstić information content (AvgIpc) is 2.59. The summed E-state index contributed by atoms with van der Waals surface area (Å²) < 4.78 is 0. The molecule has 1 aliphatic heterocycles. The highest BCUT2D eigenvalue weighted by molar-refractivity contribution is 5.79. The Labute approximate surface area is 118 Å². The number of hydrogen-bond donors (Lipinski definition) is 0. The predicted octanol–water partition coefficient (Wildman–Crippen LogP) is 3.42. The van der Waals surface area contributed by atoms with Crippen LogP contribution in [0.25, 0.3) is 0 Å². The first-order valence-electron chi connectivity index (χ1n) is 6.91. The maximum absolute atomic E-state index is 11.2. The lowest BCUT2D eigenvalue weighted by Gasteiger charge is -2.24. The fourth-order valence-electron chi connectivity index (χ4n) is 2.69. The minimum Gasteiger partial charge on any atom is -0.366 e. The van der Waals surface area contributed by atoms with Crippen LogP contribution in [0.4, 0.5) is 11.4 Å². The average molecular weight is 276 g/mol. The smallest absolute Gasteiger partial charge is 0.293 e. The number of carbonyl (C=O) groups excluding carboxylic acids is 1. The summed E-state index contributed by atoms with van der Waals surface area (Å²) in [4.78, 5) is 23.6. The van der Waals surface area contributed by atoms with E-state index >= 15 is 0 Å². The second-order valence-corrected chi connectivity index (χ2v) is 6.13. The van der Waals surface area contributed by atoms with Gasteiger partial charge in [-0.15, -0.1) is 0 Å². The lowest BCUT2D eigenvalue weighted by atomic mass is 9.85. The predicted molar refractivity (Wildman–Crippen MR) is 78.3 cm³/mol. The number of nitro groups is 1. The van der Waals surface area contributed by atoms with Crippen molar-refractivity contribution < 1.29 is 9.72 Å². The van der Waals surface area contributed by atoms with Crippen LogP contribution in [-0.2, 0) is 0 Å². The highest BCUT2D eigenvalue weighted by atomic mass is 16.6. The number of hydrogen-bond acceptors (Lipinski definition) is 4. The third kappa shape index (κ3) is 3.15. The van der Waals surface area contributed by atoms with Gasteiger partial charge in [0.15, 0.2) is 0 Å². The van der Waals surface area contributed by atoms with E-state index in [4.69, 9.17) is 0 Å². The highest BCUT2D eigenvalue weighted by Crippen LogP contribution is 2.35. The maximum atomic E-state index is 11.2. The molecule has 0 radical (unpaired) electrons. The minimum atomic E-state index is -0.404. The number of aldehydes is 1. The molecule has 0 bridgehead atoms. The van der Waals surface area contributed by atoms with Gasteiger partial charge in [0, 0.05) is 24.7 Å². The molecular formula is C15H20N2O3. The van der Waals surface area contributed by atoms with Crippen LogP contribution in [0.3, 0.4) is 0 Å². The molecule has 108 valence electrons. The minimum absolute atomic E-state index is 0.0225. The molecule has 0 N–H and O–H groups in total. The normalized spacial score (nSPS) is 18.4. The fraction of sp³-hybridized carbons (Fsp3) is 0.533. The molecular weight excluding hydrogens is 256 g/mol. The molecule has 20 heavy (non-hydrogen) atoms. The van der Waals surface area contributed by atoms with Gasteiger partial charge in [0.25, 0.3) is 5.69 Å². The molecule has 0 aliphatic carbocycles. The lowest BCUT2D eigenvalue weighted by Crippen LogP contribution is -2.25. The van der Waals surface area contributed by atoms with Crippen LogP contribution >= 0.6 is 0 Å². The van der Waals surface area contributed by atoms with Gasteiger partial charge in [0.05, 0.1) is 4.92 Å². The van der Waals surface area contributed by atoms with E-state index in [9.17, 15) is 14.9 Å². The first kappa shape index (κ1) is 14.5. The maximum Gasteiger partial charge on any atom is 0.293 e. The third-order valence-electron chi connectivity index (χ3n) is 4.01. The summed E-state index contributed by atoms with van der Waals surface area (Å²) in [7, 11) is 0. The third-order valence-corrected chi connectivity index (χ3v) is 4.01. The van der Waals surface area contributed by atoms with E-state index < -0.39 is 4.92 Å². The molecule has 0 amide bonds. The molecule has 1 aromatic carbocycles. The van der Waals surface area contributed by atoms with Gasteiger partial charge in [-0.3, -0.25) is 14.9 Å². The summed E-state index contributed by atoms with van der Waals surface area (Å²) in [6, 6.07) is 4.70. The van der Waals surface area contributed by atoms with Crippen LogP contribution in [0, 0.1) is 15.5 Å². The Hall–Kier alpha value is -1.91. The second-order valence-electron chi connectivity index (χ2n) is 6.13. The molecule has 5 heteroatoms. The van der Waals surface area contributed by atoms with Crippen molar-refractivity contribution in [2.45, 2.75) is 33.1 Å². The summed E-state index contributed by atoms with van der Waals surface area (Å²) in [6.07, 6.45) is 3.81. The zero-order chi connectivity index (χ0) is 14.8. The van der Waals surface area contributed by atoms with Crippen LogP contribution in [0.1, 0.15) is 43.5 Å². The molecule has 0 unspecified atom stereocenters. The largest absolute Gasteiger partial charge is 0.366 e. The molecule has 0 atom stereocenters. The molecule has 1 aliphatic rings. The van der Waals surface area contributed by atoms with Crippen molar-refractivity contribution >= 4 is 17.7 Å². The van der Waals surface area contributed by atoms with Gasteiger partial charge in [-0.25, -0.2) is 0 Å². The van der Waals surface area contributed by atoms with E-state index in [1.807, 2.05) is 0 Å². The SMILES string of the molecule is CC1(C)CCCN(c2ccc(C=O)cc2[N+](=O)[O-])CC1. The van der Waals surface area contributed by atoms with Crippen molar-refractivity contribution in [1.29, 1.82) is 0 Å². The molecule has 2 rings (SSSR count). The zero-order valence-electron chi connectivity index (χ0n) is 12.0. The molecule has 0 saturated carbocycles. The van der Waals surface area contributed by atoms with Crippen LogP contribution < -0.4 is 4.90 Å². The molecule has 1 saturated heterocycles. The molecule has 0 spiro atoms. The van der Waals surface area contributed by atoms with Crippen molar-refractivity contribution in [2.75, 3.05) is 18.0 Å². The Bertz CT molecular complexity index is 526. The molecule has 5 nitrogen and oxygen atoms in total. The molecule has 1 aromatic rings. The van der Waals surface area contributed by atoms with Gasteiger partial charge in [0.2, 0.25) is 0 Å². The molecule has 1 heterocycles. The fourth-order valence-corrected chi connectivity index (χ4v) is 2.69. The van der Waals surface area contributed by atoms with Gasteiger partial charge in [-0.1, -0.05) is 13.8 Å². The Morgan fingerprint density at radius 3 is 2.70 bits per heavy atom. The van der Waals surface area contributed by atoms with Crippen LogP contribution in [0.2, 0.25) is 0 Å². The van der Waals surface area contributed by atoms with E-state index in [-0.39, 0.29) is 11.1 Å². The Morgan fingerprint density at radius 1 is 1.30 bits per heavy atom. The number of rotatable bonds is 3. The highest BCUT2D eigenvalue weighted by Gasteiger charge is 2.26.